The molecule has 1 amide bonds. The van der Waals surface area contributed by atoms with Gasteiger partial charge < -0.3 is 10.2 Å². The van der Waals surface area contributed by atoms with E-state index in [2.05, 4.69) is 37.6 Å². The van der Waals surface area contributed by atoms with Crippen molar-refractivity contribution in [1.29, 1.82) is 0 Å². The SMILES string of the molecule is CSCc1ccc(C(=O)N2C[C@@H](C)N[C@H](C)C2)cc1. The molecule has 0 spiro atoms. The van der Waals surface area contributed by atoms with Gasteiger partial charge in [0.25, 0.3) is 5.91 Å². The smallest absolute Gasteiger partial charge is 0.253 e. The number of carbonyl (C=O) groups excluding carboxylic acids is 1. The standard InChI is InChI=1S/C15H22N2OS/c1-11-8-17(9-12(2)16-11)15(18)14-6-4-13(5-7-14)10-19-3/h4-7,11-12,16H,8-10H2,1-3H3/t11-,12-/m1/s1. The molecule has 19 heavy (non-hydrogen) atoms. The lowest BCUT2D eigenvalue weighted by Gasteiger charge is -2.36. The molecular weight excluding hydrogens is 256 g/mol. The van der Waals surface area contributed by atoms with E-state index in [0.717, 1.165) is 24.4 Å². The summed E-state index contributed by atoms with van der Waals surface area (Å²) < 4.78 is 0. The predicted molar refractivity (Wildman–Crippen MR) is 81.6 cm³/mol. The Hall–Kier alpha value is -1.00. The lowest BCUT2D eigenvalue weighted by molar-refractivity contribution is 0.0674. The second-order valence-electron chi connectivity index (χ2n) is 5.31. The molecule has 0 saturated carbocycles. The van der Waals surface area contributed by atoms with Crippen molar-refractivity contribution in [2.75, 3.05) is 19.3 Å². The molecule has 1 N–H and O–H groups in total. The molecule has 1 heterocycles. The van der Waals surface area contributed by atoms with Crippen LogP contribution in [0.25, 0.3) is 0 Å². The lowest BCUT2D eigenvalue weighted by Crippen LogP contribution is -2.55. The van der Waals surface area contributed by atoms with E-state index < -0.39 is 0 Å². The highest BCUT2D eigenvalue weighted by molar-refractivity contribution is 7.97. The van der Waals surface area contributed by atoms with Crippen molar-refractivity contribution in [3.63, 3.8) is 0 Å². The topological polar surface area (TPSA) is 32.3 Å². The number of hydrogen-bond acceptors (Lipinski definition) is 3. The first-order chi connectivity index (χ1) is 9.10. The van der Waals surface area contributed by atoms with E-state index >= 15 is 0 Å². The highest BCUT2D eigenvalue weighted by Crippen LogP contribution is 2.14. The molecule has 1 fully saturated rings. The Morgan fingerprint density at radius 2 is 1.84 bits per heavy atom. The second-order valence-corrected chi connectivity index (χ2v) is 6.17. The zero-order chi connectivity index (χ0) is 13.8. The van der Waals surface area contributed by atoms with Crippen molar-refractivity contribution in [3.05, 3.63) is 35.4 Å². The molecule has 0 radical (unpaired) electrons. The van der Waals surface area contributed by atoms with E-state index in [9.17, 15) is 4.79 Å². The third kappa shape index (κ3) is 3.74. The van der Waals surface area contributed by atoms with E-state index in [4.69, 9.17) is 0 Å². The molecule has 1 saturated heterocycles. The second kappa shape index (κ2) is 6.44. The predicted octanol–water partition coefficient (Wildman–Crippen LogP) is 2.37. The van der Waals surface area contributed by atoms with Crippen LogP contribution in [-0.4, -0.2) is 42.2 Å². The maximum atomic E-state index is 12.5. The summed E-state index contributed by atoms with van der Waals surface area (Å²) in [5.74, 6) is 1.15. The number of nitrogens with zero attached hydrogens (tertiary/aromatic N) is 1. The summed E-state index contributed by atoms with van der Waals surface area (Å²) in [4.78, 5) is 14.4. The van der Waals surface area contributed by atoms with Crippen LogP contribution in [0.3, 0.4) is 0 Å². The van der Waals surface area contributed by atoms with Crippen LogP contribution in [-0.2, 0) is 5.75 Å². The summed E-state index contributed by atoms with van der Waals surface area (Å²) in [6.45, 7) is 5.82. The Kier molecular flexibility index (Phi) is 4.88. The molecule has 1 aromatic carbocycles. The first-order valence-corrected chi connectivity index (χ1v) is 8.12. The zero-order valence-electron chi connectivity index (χ0n) is 11.8. The molecule has 1 aliphatic rings. The molecule has 0 aliphatic carbocycles. The quantitative estimate of drug-likeness (QED) is 0.921. The van der Waals surface area contributed by atoms with Crippen molar-refractivity contribution in [2.24, 2.45) is 0 Å². The van der Waals surface area contributed by atoms with Gasteiger partial charge in [-0.15, -0.1) is 0 Å². The average molecular weight is 278 g/mol. The van der Waals surface area contributed by atoms with Crippen LogP contribution in [0.1, 0.15) is 29.8 Å². The largest absolute Gasteiger partial charge is 0.336 e. The fourth-order valence-corrected chi connectivity index (χ4v) is 3.11. The first-order valence-electron chi connectivity index (χ1n) is 6.73. The number of benzene rings is 1. The lowest BCUT2D eigenvalue weighted by atomic mass is 10.1. The van der Waals surface area contributed by atoms with Gasteiger partial charge in [0.2, 0.25) is 0 Å². The summed E-state index contributed by atoms with van der Waals surface area (Å²) in [5, 5.41) is 3.44. The number of carbonyl (C=O) groups is 1. The Balaban J connectivity index is 2.06. The number of amides is 1. The van der Waals surface area contributed by atoms with Crippen molar-refractivity contribution in [3.8, 4) is 0 Å². The summed E-state index contributed by atoms with van der Waals surface area (Å²) in [7, 11) is 0. The summed E-state index contributed by atoms with van der Waals surface area (Å²) >= 11 is 1.79. The number of thioether (sulfide) groups is 1. The van der Waals surface area contributed by atoms with Gasteiger partial charge in [-0.25, -0.2) is 0 Å². The molecule has 1 aromatic rings. The maximum absolute atomic E-state index is 12.5. The third-order valence-electron chi connectivity index (χ3n) is 3.36. The fourth-order valence-electron chi connectivity index (χ4n) is 2.59. The molecule has 0 unspecified atom stereocenters. The van der Waals surface area contributed by atoms with Gasteiger partial charge in [-0.1, -0.05) is 12.1 Å². The minimum atomic E-state index is 0.149. The highest BCUT2D eigenvalue weighted by Gasteiger charge is 2.25. The van der Waals surface area contributed by atoms with Crippen molar-refractivity contribution >= 4 is 17.7 Å². The van der Waals surface area contributed by atoms with E-state index in [-0.39, 0.29) is 5.91 Å². The van der Waals surface area contributed by atoms with Gasteiger partial charge in [-0.3, -0.25) is 4.79 Å². The Labute approximate surface area is 119 Å². The summed E-state index contributed by atoms with van der Waals surface area (Å²) in [6, 6.07) is 8.74. The van der Waals surface area contributed by atoms with Gasteiger partial charge in [0.15, 0.2) is 0 Å². The Morgan fingerprint density at radius 1 is 1.26 bits per heavy atom. The summed E-state index contributed by atoms with van der Waals surface area (Å²) in [5.41, 5.74) is 2.07. The molecule has 2 atom stereocenters. The summed E-state index contributed by atoms with van der Waals surface area (Å²) in [6.07, 6.45) is 2.09. The van der Waals surface area contributed by atoms with Crippen LogP contribution in [0.2, 0.25) is 0 Å². The van der Waals surface area contributed by atoms with E-state index in [1.54, 1.807) is 11.8 Å². The maximum Gasteiger partial charge on any atom is 0.253 e. The molecule has 3 nitrogen and oxygen atoms in total. The molecule has 104 valence electrons. The zero-order valence-corrected chi connectivity index (χ0v) is 12.7. The van der Waals surface area contributed by atoms with Crippen LogP contribution in [0.15, 0.2) is 24.3 Å². The average Bonchev–Trinajstić information content (AvgIpc) is 2.38. The highest BCUT2D eigenvalue weighted by atomic mass is 32.2. The monoisotopic (exact) mass is 278 g/mol. The molecular formula is C15H22N2OS. The van der Waals surface area contributed by atoms with Gasteiger partial charge in [0, 0.05) is 36.5 Å². The van der Waals surface area contributed by atoms with Crippen molar-refractivity contribution in [2.45, 2.75) is 31.7 Å². The normalized spacial score (nSPS) is 23.4. The Bertz CT molecular complexity index is 422. The molecule has 1 aliphatic heterocycles. The van der Waals surface area contributed by atoms with E-state index in [1.807, 2.05) is 17.0 Å². The van der Waals surface area contributed by atoms with Crippen molar-refractivity contribution < 1.29 is 4.79 Å². The number of piperazine rings is 1. The van der Waals surface area contributed by atoms with Crippen LogP contribution in [0.4, 0.5) is 0 Å². The molecule has 0 aromatic heterocycles. The number of rotatable bonds is 3. The van der Waals surface area contributed by atoms with Gasteiger partial charge in [-0.05, 0) is 37.8 Å². The van der Waals surface area contributed by atoms with Crippen molar-refractivity contribution in [1.82, 2.24) is 10.2 Å². The first kappa shape index (κ1) is 14.4. The Morgan fingerprint density at radius 3 is 2.37 bits per heavy atom. The number of hydrogen-bond donors (Lipinski definition) is 1. The molecule has 4 heteroatoms. The van der Waals surface area contributed by atoms with Gasteiger partial charge in [0.1, 0.15) is 0 Å². The third-order valence-corrected chi connectivity index (χ3v) is 3.98. The van der Waals surface area contributed by atoms with Crippen LogP contribution in [0.5, 0.6) is 0 Å². The van der Waals surface area contributed by atoms with E-state index in [1.165, 1.54) is 5.56 Å². The fraction of sp³-hybridized carbons (Fsp3) is 0.533. The van der Waals surface area contributed by atoms with E-state index in [0.29, 0.717) is 12.1 Å². The molecule has 0 bridgehead atoms. The minimum Gasteiger partial charge on any atom is -0.336 e. The van der Waals surface area contributed by atoms with Gasteiger partial charge >= 0.3 is 0 Å². The minimum absolute atomic E-state index is 0.149. The van der Waals surface area contributed by atoms with Gasteiger partial charge in [0.05, 0.1) is 0 Å². The van der Waals surface area contributed by atoms with Crippen LogP contribution < -0.4 is 5.32 Å². The van der Waals surface area contributed by atoms with Crippen LogP contribution in [0, 0.1) is 0 Å². The van der Waals surface area contributed by atoms with Gasteiger partial charge in [-0.2, -0.15) is 11.8 Å². The number of nitrogens with one attached hydrogen (secondary N) is 1. The molecule has 2 rings (SSSR count). The van der Waals surface area contributed by atoms with Crippen LogP contribution >= 0.6 is 11.8 Å².